The van der Waals surface area contributed by atoms with Crippen LogP contribution in [0.3, 0.4) is 0 Å². The van der Waals surface area contributed by atoms with Crippen LogP contribution in [0.2, 0.25) is 0 Å². The Balaban J connectivity index is 1.65. The predicted octanol–water partition coefficient (Wildman–Crippen LogP) is 1.65. The lowest BCUT2D eigenvalue weighted by Gasteiger charge is -2.16. The van der Waals surface area contributed by atoms with E-state index < -0.39 is 0 Å². The van der Waals surface area contributed by atoms with Gasteiger partial charge in [-0.3, -0.25) is 14.3 Å². The number of nitrogens with zero attached hydrogens (tertiary/aromatic N) is 3. The first-order valence-corrected chi connectivity index (χ1v) is 8.02. The summed E-state index contributed by atoms with van der Waals surface area (Å²) >= 11 is 1.49. The van der Waals surface area contributed by atoms with Crippen molar-refractivity contribution in [1.82, 2.24) is 20.0 Å². The second-order valence-electron chi connectivity index (χ2n) is 5.14. The van der Waals surface area contributed by atoms with E-state index in [1.165, 1.54) is 11.3 Å². The summed E-state index contributed by atoms with van der Waals surface area (Å²) in [7, 11) is 3.63. The summed E-state index contributed by atoms with van der Waals surface area (Å²) < 4.78 is 1.72. The van der Waals surface area contributed by atoms with Crippen molar-refractivity contribution in [3.8, 4) is 0 Å². The van der Waals surface area contributed by atoms with Crippen molar-refractivity contribution in [3.63, 3.8) is 0 Å². The fourth-order valence-electron chi connectivity index (χ4n) is 2.04. The highest BCUT2D eigenvalue weighted by Gasteiger charge is 2.10. The van der Waals surface area contributed by atoms with Crippen LogP contribution in [0.15, 0.2) is 29.2 Å². The maximum absolute atomic E-state index is 12.0. The van der Waals surface area contributed by atoms with E-state index in [4.69, 9.17) is 0 Å². The molecule has 2 aromatic heterocycles. The fraction of sp³-hybridized carbons (Fsp3) is 0.400. The molecule has 7 heteroatoms. The standard InChI is InChI=1S/C15H20N4O2S/c1-18(9-12-8-17-19(2)10-12)14(20)4-3-6-16-15(21)13-5-7-22-11-13/h5,7-8,10-11H,3-4,6,9H2,1-2H3,(H,16,21). The molecule has 0 spiro atoms. The van der Waals surface area contributed by atoms with Gasteiger partial charge in [0.05, 0.1) is 6.20 Å². The number of amides is 2. The number of rotatable bonds is 7. The molecule has 0 aliphatic rings. The topological polar surface area (TPSA) is 67.2 Å². The summed E-state index contributed by atoms with van der Waals surface area (Å²) in [5.74, 6) is -0.0222. The van der Waals surface area contributed by atoms with Crippen LogP contribution < -0.4 is 5.32 Å². The molecule has 0 radical (unpaired) electrons. The van der Waals surface area contributed by atoms with E-state index in [1.807, 2.05) is 24.0 Å². The van der Waals surface area contributed by atoms with Crippen molar-refractivity contribution in [2.75, 3.05) is 13.6 Å². The van der Waals surface area contributed by atoms with Gasteiger partial charge >= 0.3 is 0 Å². The minimum Gasteiger partial charge on any atom is -0.352 e. The van der Waals surface area contributed by atoms with Gasteiger partial charge in [0.2, 0.25) is 5.91 Å². The summed E-state index contributed by atoms with van der Waals surface area (Å²) in [5.41, 5.74) is 1.68. The average molecular weight is 320 g/mol. The molecule has 2 aromatic rings. The minimum atomic E-state index is -0.0857. The van der Waals surface area contributed by atoms with Crippen molar-refractivity contribution in [1.29, 1.82) is 0 Å². The third-order valence-corrected chi connectivity index (χ3v) is 3.92. The number of carbonyl (C=O) groups is 2. The lowest BCUT2D eigenvalue weighted by Crippen LogP contribution is -2.28. The number of thiophene rings is 1. The molecule has 0 aliphatic carbocycles. The van der Waals surface area contributed by atoms with Gasteiger partial charge in [-0.25, -0.2) is 0 Å². The van der Waals surface area contributed by atoms with Gasteiger partial charge in [-0.05, 0) is 17.9 Å². The zero-order valence-corrected chi connectivity index (χ0v) is 13.6. The summed E-state index contributed by atoms with van der Waals surface area (Å²) in [6, 6.07) is 1.78. The molecule has 2 amide bonds. The Morgan fingerprint density at radius 2 is 2.27 bits per heavy atom. The molecule has 2 rings (SSSR count). The molecule has 0 saturated carbocycles. The zero-order chi connectivity index (χ0) is 15.9. The Morgan fingerprint density at radius 1 is 1.45 bits per heavy atom. The third kappa shape index (κ3) is 4.70. The fourth-order valence-corrected chi connectivity index (χ4v) is 2.68. The van der Waals surface area contributed by atoms with Crippen LogP contribution in [-0.2, 0) is 18.4 Å². The average Bonchev–Trinajstić information content (AvgIpc) is 3.14. The molecule has 1 N–H and O–H groups in total. The van der Waals surface area contributed by atoms with Crippen LogP contribution in [0.5, 0.6) is 0 Å². The van der Waals surface area contributed by atoms with Crippen LogP contribution >= 0.6 is 11.3 Å². The molecule has 0 saturated heterocycles. The van der Waals surface area contributed by atoms with Gasteiger partial charge in [-0.1, -0.05) is 0 Å². The first kappa shape index (κ1) is 16.2. The number of aryl methyl sites for hydroxylation is 1. The monoisotopic (exact) mass is 320 g/mol. The normalized spacial score (nSPS) is 10.5. The van der Waals surface area contributed by atoms with Gasteiger partial charge in [-0.15, -0.1) is 0 Å². The molecule has 22 heavy (non-hydrogen) atoms. The number of hydrogen-bond donors (Lipinski definition) is 1. The molecular formula is C15H20N4O2S. The number of carbonyl (C=O) groups excluding carboxylic acids is 2. The Morgan fingerprint density at radius 3 is 2.91 bits per heavy atom. The Kier molecular flexibility index (Phi) is 5.71. The number of nitrogens with one attached hydrogen (secondary N) is 1. The summed E-state index contributed by atoms with van der Waals surface area (Å²) in [6.07, 6.45) is 4.70. The van der Waals surface area contributed by atoms with E-state index >= 15 is 0 Å². The Labute approximate surface area is 133 Å². The minimum absolute atomic E-state index is 0.0636. The van der Waals surface area contributed by atoms with Gasteiger partial charge in [0.25, 0.3) is 5.91 Å². The molecule has 0 atom stereocenters. The van der Waals surface area contributed by atoms with Gasteiger partial charge < -0.3 is 10.2 Å². The summed E-state index contributed by atoms with van der Waals surface area (Å²) in [5, 5.41) is 10.6. The van der Waals surface area contributed by atoms with E-state index in [0.717, 1.165) is 5.56 Å². The summed E-state index contributed by atoms with van der Waals surface area (Å²) in [4.78, 5) is 25.4. The lowest BCUT2D eigenvalue weighted by atomic mass is 10.2. The van der Waals surface area contributed by atoms with Crippen molar-refractivity contribution < 1.29 is 9.59 Å². The molecule has 0 unspecified atom stereocenters. The maximum atomic E-state index is 12.0. The lowest BCUT2D eigenvalue weighted by molar-refractivity contribution is -0.130. The highest BCUT2D eigenvalue weighted by atomic mass is 32.1. The highest BCUT2D eigenvalue weighted by molar-refractivity contribution is 7.08. The van der Waals surface area contributed by atoms with E-state index in [0.29, 0.717) is 31.5 Å². The van der Waals surface area contributed by atoms with Crippen molar-refractivity contribution in [2.45, 2.75) is 19.4 Å². The molecular weight excluding hydrogens is 300 g/mol. The summed E-state index contributed by atoms with van der Waals surface area (Å²) in [6.45, 7) is 1.05. The molecule has 6 nitrogen and oxygen atoms in total. The number of aromatic nitrogens is 2. The Hall–Kier alpha value is -2.15. The number of hydrogen-bond acceptors (Lipinski definition) is 4. The molecule has 2 heterocycles. The van der Waals surface area contributed by atoms with Crippen LogP contribution in [-0.4, -0.2) is 40.1 Å². The predicted molar refractivity (Wildman–Crippen MR) is 85.6 cm³/mol. The van der Waals surface area contributed by atoms with Crippen LogP contribution in [0.25, 0.3) is 0 Å². The third-order valence-electron chi connectivity index (χ3n) is 3.24. The zero-order valence-electron chi connectivity index (χ0n) is 12.8. The van der Waals surface area contributed by atoms with Crippen molar-refractivity contribution >= 4 is 23.2 Å². The van der Waals surface area contributed by atoms with E-state index in [-0.39, 0.29) is 11.8 Å². The molecule has 0 aromatic carbocycles. The second-order valence-corrected chi connectivity index (χ2v) is 5.92. The van der Waals surface area contributed by atoms with Crippen molar-refractivity contribution in [3.05, 3.63) is 40.3 Å². The quantitative estimate of drug-likeness (QED) is 0.789. The molecule has 118 valence electrons. The van der Waals surface area contributed by atoms with E-state index in [1.54, 1.807) is 28.9 Å². The van der Waals surface area contributed by atoms with E-state index in [2.05, 4.69) is 10.4 Å². The van der Waals surface area contributed by atoms with E-state index in [9.17, 15) is 9.59 Å². The first-order chi connectivity index (χ1) is 10.6. The van der Waals surface area contributed by atoms with Gasteiger partial charge in [-0.2, -0.15) is 16.4 Å². The van der Waals surface area contributed by atoms with Gasteiger partial charge in [0.15, 0.2) is 0 Å². The highest BCUT2D eigenvalue weighted by Crippen LogP contribution is 2.06. The second kappa shape index (κ2) is 7.74. The van der Waals surface area contributed by atoms with Crippen LogP contribution in [0.4, 0.5) is 0 Å². The van der Waals surface area contributed by atoms with Crippen LogP contribution in [0.1, 0.15) is 28.8 Å². The first-order valence-electron chi connectivity index (χ1n) is 7.08. The smallest absolute Gasteiger partial charge is 0.252 e. The maximum Gasteiger partial charge on any atom is 0.252 e. The molecule has 0 aliphatic heterocycles. The van der Waals surface area contributed by atoms with Gasteiger partial charge in [0.1, 0.15) is 0 Å². The SMILES string of the molecule is CN(Cc1cnn(C)c1)C(=O)CCCNC(=O)c1ccsc1. The molecule has 0 bridgehead atoms. The largest absolute Gasteiger partial charge is 0.352 e. The van der Waals surface area contributed by atoms with Crippen molar-refractivity contribution in [2.24, 2.45) is 7.05 Å². The molecule has 0 fully saturated rings. The van der Waals surface area contributed by atoms with Crippen LogP contribution in [0, 0.1) is 0 Å². The van der Waals surface area contributed by atoms with Gasteiger partial charge in [0, 0.05) is 56.3 Å². The Bertz CT molecular complexity index is 621.